The van der Waals surface area contributed by atoms with Gasteiger partial charge in [-0.15, -0.1) is 0 Å². The van der Waals surface area contributed by atoms with Crippen LogP contribution in [0.15, 0.2) is 41.0 Å². The molecule has 0 fully saturated rings. The zero-order valence-electron chi connectivity index (χ0n) is 13.0. The zero-order valence-corrected chi connectivity index (χ0v) is 13.0. The van der Waals surface area contributed by atoms with E-state index in [0.717, 1.165) is 16.8 Å². The first-order valence-electron chi connectivity index (χ1n) is 7.34. The van der Waals surface area contributed by atoms with Gasteiger partial charge in [-0.05, 0) is 35.4 Å². The normalized spacial score (nSPS) is 16.8. The van der Waals surface area contributed by atoms with Gasteiger partial charge >= 0.3 is 5.97 Å². The van der Waals surface area contributed by atoms with Crippen molar-refractivity contribution in [3.05, 3.63) is 53.5 Å². The molecule has 6 heteroatoms. The monoisotopic (exact) mass is 314 g/mol. The second-order valence-corrected chi connectivity index (χ2v) is 5.82. The van der Waals surface area contributed by atoms with Crippen LogP contribution >= 0.6 is 0 Å². The lowest BCUT2D eigenvalue weighted by Gasteiger charge is -2.34. The Hall–Kier alpha value is -2.76. The molecule has 1 aromatic heterocycles. The summed E-state index contributed by atoms with van der Waals surface area (Å²) in [6.07, 6.45) is 1.70. The minimum atomic E-state index is -1.01. The molecule has 0 saturated heterocycles. The number of hydrogen-bond donors (Lipinski definition) is 1. The Kier molecular flexibility index (Phi) is 3.82. The summed E-state index contributed by atoms with van der Waals surface area (Å²) in [5.41, 5.74) is 2.95. The molecule has 0 saturated carbocycles. The van der Waals surface area contributed by atoms with Gasteiger partial charge in [0, 0.05) is 32.7 Å². The highest BCUT2D eigenvalue weighted by Crippen LogP contribution is 2.28. The first kappa shape index (κ1) is 15.1. The molecule has 1 N–H and O–H groups in total. The summed E-state index contributed by atoms with van der Waals surface area (Å²) in [6.45, 7) is 0.257. The van der Waals surface area contributed by atoms with Crippen molar-refractivity contribution < 1.29 is 19.1 Å². The number of carboxylic acid groups (broad SMARTS) is 1. The van der Waals surface area contributed by atoms with Crippen molar-refractivity contribution in [2.24, 2.45) is 0 Å². The van der Waals surface area contributed by atoms with Gasteiger partial charge < -0.3 is 19.3 Å². The molecule has 1 amide bonds. The number of carboxylic acids is 1. The molecule has 1 aliphatic rings. The Bertz CT molecular complexity index is 737. The quantitative estimate of drug-likeness (QED) is 0.938. The van der Waals surface area contributed by atoms with Crippen molar-refractivity contribution in [3.63, 3.8) is 0 Å². The summed E-state index contributed by atoms with van der Waals surface area (Å²) in [7, 11) is 3.88. The van der Waals surface area contributed by atoms with E-state index >= 15 is 0 Å². The van der Waals surface area contributed by atoms with Crippen LogP contribution in [0.1, 0.15) is 21.7 Å². The maximum atomic E-state index is 12.6. The van der Waals surface area contributed by atoms with Crippen LogP contribution in [-0.4, -0.2) is 42.0 Å². The third kappa shape index (κ3) is 2.79. The third-order valence-electron chi connectivity index (χ3n) is 4.11. The molecule has 2 heterocycles. The van der Waals surface area contributed by atoms with Gasteiger partial charge in [-0.2, -0.15) is 0 Å². The van der Waals surface area contributed by atoms with E-state index in [1.54, 1.807) is 12.1 Å². The smallest absolute Gasteiger partial charge is 0.326 e. The van der Waals surface area contributed by atoms with Crippen molar-refractivity contribution in [2.75, 3.05) is 19.0 Å². The Morgan fingerprint density at radius 1 is 1.26 bits per heavy atom. The Balaban J connectivity index is 1.97. The molecule has 0 aliphatic carbocycles. The summed E-state index contributed by atoms with van der Waals surface area (Å²) in [4.78, 5) is 27.5. The molecule has 1 aliphatic heterocycles. The van der Waals surface area contributed by atoms with Crippen molar-refractivity contribution in [3.8, 4) is 0 Å². The van der Waals surface area contributed by atoms with Crippen LogP contribution in [0, 0.1) is 0 Å². The fourth-order valence-corrected chi connectivity index (χ4v) is 2.82. The molecule has 1 aromatic carbocycles. The molecule has 6 nitrogen and oxygen atoms in total. The summed E-state index contributed by atoms with van der Waals surface area (Å²) in [5.74, 6) is -1.25. The maximum Gasteiger partial charge on any atom is 0.326 e. The van der Waals surface area contributed by atoms with E-state index in [-0.39, 0.29) is 12.3 Å². The van der Waals surface area contributed by atoms with E-state index in [1.165, 1.54) is 11.2 Å². The van der Waals surface area contributed by atoms with E-state index in [4.69, 9.17) is 4.42 Å². The number of anilines is 1. The van der Waals surface area contributed by atoms with Crippen LogP contribution in [0.4, 0.5) is 5.69 Å². The van der Waals surface area contributed by atoms with Crippen LogP contribution < -0.4 is 4.90 Å². The lowest BCUT2D eigenvalue weighted by molar-refractivity contribution is -0.142. The standard InChI is InChI=1S/C17H18N2O4/c1-18(2)13-6-5-11-9-14(17(21)22)19(10-12(11)8-13)16(20)15-4-3-7-23-15/h3-8,14H,9-10H2,1-2H3,(H,21,22). The molecule has 0 radical (unpaired) electrons. The molecule has 0 bridgehead atoms. The Labute approximate surface area is 133 Å². The number of furan rings is 1. The second kappa shape index (κ2) is 5.79. The topological polar surface area (TPSA) is 74.0 Å². The molecule has 1 unspecified atom stereocenters. The van der Waals surface area contributed by atoms with Crippen LogP contribution in [0.25, 0.3) is 0 Å². The first-order valence-corrected chi connectivity index (χ1v) is 7.34. The fourth-order valence-electron chi connectivity index (χ4n) is 2.82. The molecule has 3 rings (SSSR count). The Morgan fingerprint density at radius 3 is 2.65 bits per heavy atom. The molecule has 23 heavy (non-hydrogen) atoms. The van der Waals surface area contributed by atoms with E-state index in [1.807, 2.05) is 37.2 Å². The SMILES string of the molecule is CN(C)c1ccc2c(c1)CN(C(=O)c1ccco1)C(C(=O)O)C2. The number of fused-ring (bicyclic) bond motifs is 1. The van der Waals surface area contributed by atoms with E-state index < -0.39 is 17.9 Å². The van der Waals surface area contributed by atoms with E-state index in [2.05, 4.69) is 0 Å². The van der Waals surface area contributed by atoms with Gasteiger partial charge in [-0.1, -0.05) is 6.07 Å². The number of carbonyl (C=O) groups is 2. The second-order valence-electron chi connectivity index (χ2n) is 5.82. The highest BCUT2D eigenvalue weighted by Gasteiger charge is 2.36. The number of hydrogen-bond acceptors (Lipinski definition) is 4. The number of amides is 1. The Morgan fingerprint density at radius 2 is 2.04 bits per heavy atom. The number of benzene rings is 1. The van der Waals surface area contributed by atoms with E-state index in [0.29, 0.717) is 6.42 Å². The molecule has 2 aromatic rings. The fraction of sp³-hybridized carbons (Fsp3) is 0.294. The van der Waals surface area contributed by atoms with Gasteiger partial charge in [-0.25, -0.2) is 4.79 Å². The van der Waals surface area contributed by atoms with Crippen molar-refractivity contribution in [1.29, 1.82) is 0 Å². The minimum absolute atomic E-state index is 0.156. The van der Waals surface area contributed by atoms with Gasteiger partial charge in [0.05, 0.1) is 6.26 Å². The summed E-state index contributed by atoms with van der Waals surface area (Å²) in [5, 5.41) is 9.49. The van der Waals surface area contributed by atoms with Gasteiger partial charge in [-0.3, -0.25) is 4.79 Å². The van der Waals surface area contributed by atoms with Crippen LogP contribution in [0.3, 0.4) is 0 Å². The van der Waals surface area contributed by atoms with Crippen molar-refractivity contribution >= 4 is 17.6 Å². The molecular formula is C17H18N2O4. The van der Waals surface area contributed by atoms with Gasteiger partial charge in [0.25, 0.3) is 5.91 Å². The molecular weight excluding hydrogens is 296 g/mol. The average molecular weight is 314 g/mol. The largest absolute Gasteiger partial charge is 0.480 e. The lowest BCUT2D eigenvalue weighted by Crippen LogP contribution is -2.48. The van der Waals surface area contributed by atoms with Gasteiger partial charge in [0.2, 0.25) is 0 Å². The predicted molar refractivity (Wildman–Crippen MR) is 84.5 cm³/mol. The summed E-state index contributed by atoms with van der Waals surface area (Å²) in [6, 6.07) is 8.18. The first-order chi connectivity index (χ1) is 11.0. The van der Waals surface area contributed by atoms with E-state index in [9.17, 15) is 14.7 Å². The molecule has 0 spiro atoms. The van der Waals surface area contributed by atoms with Crippen molar-refractivity contribution in [2.45, 2.75) is 19.0 Å². The number of nitrogens with zero attached hydrogens (tertiary/aromatic N) is 2. The van der Waals surface area contributed by atoms with Gasteiger partial charge in [0.15, 0.2) is 5.76 Å². The summed E-state index contributed by atoms with van der Waals surface area (Å²) >= 11 is 0. The molecule has 120 valence electrons. The number of rotatable bonds is 3. The predicted octanol–water partition coefficient (Wildman–Crippen LogP) is 2.00. The minimum Gasteiger partial charge on any atom is -0.480 e. The average Bonchev–Trinajstić information content (AvgIpc) is 3.06. The lowest BCUT2D eigenvalue weighted by atomic mass is 9.93. The highest BCUT2D eigenvalue weighted by atomic mass is 16.4. The van der Waals surface area contributed by atoms with Gasteiger partial charge in [0.1, 0.15) is 6.04 Å². The maximum absolute atomic E-state index is 12.6. The number of carbonyl (C=O) groups excluding carboxylic acids is 1. The summed E-state index contributed by atoms with van der Waals surface area (Å²) < 4.78 is 5.13. The van der Waals surface area contributed by atoms with Crippen LogP contribution in [0.2, 0.25) is 0 Å². The third-order valence-corrected chi connectivity index (χ3v) is 4.11. The highest BCUT2D eigenvalue weighted by molar-refractivity contribution is 5.94. The van der Waals surface area contributed by atoms with Crippen molar-refractivity contribution in [1.82, 2.24) is 4.90 Å². The molecule has 1 atom stereocenters. The number of aliphatic carboxylic acids is 1. The van der Waals surface area contributed by atoms with Crippen LogP contribution in [0.5, 0.6) is 0 Å². The zero-order chi connectivity index (χ0) is 16.6. The van der Waals surface area contributed by atoms with Crippen LogP contribution in [-0.2, 0) is 17.8 Å².